The van der Waals surface area contributed by atoms with Crippen LogP contribution in [-0.2, 0) is 6.42 Å². The van der Waals surface area contributed by atoms with Gasteiger partial charge in [-0.3, -0.25) is 10.1 Å². The van der Waals surface area contributed by atoms with Gasteiger partial charge in [0.1, 0.15) is 5.82 Å². The molecule has 92 valence electrons. The first-order valence-corrected chi connectivity index (χ1v) is 5.29. The molecule has 17 heavy (non-hydrogen) atoms. The maximum absolute atomic E-state index is 13.6. The van der Waals surface area contributed by atoms with Crippen LogP contribution in [0.2, 0.25) is 0 Å². The number of nitro groups is 1. The van der Waals surface area contributed by atoms with Crippen LogP contribution in [0.4, 0.5) is 14.5 Å². The van der Waals surface area contributed by atoms with Crippen LogP contribution < -0.4 is 5.32 Å². The van der Waals surface area contributed by atoms with Crippen molar-refractivity contribution in [1.29, 1.82) is 0 Å². The van der Waals surface area contributed by atoms with E-state index in [2.05, 4.69) is 5.32 Å². The fourth-order valence-electron chi connectivity index (χ4n) is 1.88. The summed E-state index contributed by atoms with van der Waals surface area (Å²) in [6.45, 7) is 0. The van der Waals surface area contributed by atoms with Crippen molar-refractivity contribution in [1.82, 2.24) is 5.32 Å². The van der Waals surface area contributed by atoms with Crippen LogP contribution in [0, 0.1) is 21.7 Å². The molecule has 0 aromatic heterocycles. The van der Waals surface area contributed by atoms with Crippen LogP contribution in [0.1, 0.15) is 18.4 Å². The first kappa shape index (κ1) is 11.9. The summed E-state index contributed by atoms with van der Waals surface area (Å²) in [5, 5.41) is 13.5. The van der Waals surface area contributed by atoms with Gasteiger partial charge in [0.05, 0.1) is 11.0 Å². The molecule has 1 aliphatic rings. The number of halogens is 2. The Labute approximate surface area is 96.8 Å². The largest absolute Gasteiger partial charge is 0.314 e. The number of hydrogen-bond donors (Lipinski definition) is 1. The number of benzene rings is 1. The molecular formula is C11H12F2N2O2. The Morgan fingerprint density at radius 2 is 2.06 bits per heavy atom. The molecule has 2 rings (SSSR count). The van der Waals surface area contributed by atoms with Gasteiger partial charge in [0.25, 0.3) is 0 Å². The fourth-order valence-corrected chi connectivity index (χ4v) is 1.88. The number of likely N-dealkylation sites (N-methyl/N-ethyl adjacent to an activating group) is 1. The molecule has 0 heterocycles. The van der Waals surface area contributed by atoms with E-state index in [1.165, 1.54) is 0 Å². The van der Waals surface area contributed by atoms with Gasteiger partial charge in [0, 0.05) is 5.54 Å². The molecule has 1 aromatic carbocycles. The van der Waals surface area contributed by atoms with E-state index in [4.69, 9.17) is 0 Å². The molecule has 1 fully saturated rings. The zero-order chi connectivity index (χ0) is 12.6. The molecule has 0 unspecified atom stereocenters. The highest BCUT2D eigenvalue weighted by Gasteiger charge is 2.41. The average molecular weight is 242 g/mol. The first-order chi connectivity index (χ1) is 7.97. The molecule has 1 aromatic rings. The van der Waals surface area contributed by atoms with Gasteiger partial charge in [0.15, 0.2) is 0 Å². The lowest BCUT2D eigenvalue weighted by atomic mass is 10.0. The highest BCUT2D eigenvalue weighted by molar-refractivity contribution is 5.37. The lowest BCUT2D eigenvalue weighted by molar-refractivity contribution is -0.387. The van der Waals surface area contributed by atoms with Crippen LogP contribution in [0.3, 0.4) is 0 Å². The number of rotatable bonds is 4. The molecule has 1 N–H and O–H groups in total. The van der Waals surface area contributed by atoms with Crippen molar-refractivity contribution in [3.8, 4) is 0 Å². The van der Waals surface area contributed by atoms with Gasteiger partial charge < -0.3 is 5.32 Å². The van der Waals surface area contributed by atoms with Crippen molar-refractivity contribution in [2.24, 2.45) is 0 Å². The zero-order valence-electron chi connectivity index (χ0n) is 9.30. The molecule has 0 aliphatic heterocycles. The van der Waals surface area contributed by atoms with E-state index in [1.54, 1.807) is 7.05 Å². The quantitative estimate of drug-likeness (QED) is 0.650. The minimum Gasteiger partial charge on any atom is -0.314 e. The molecule has 0 saturated heterocycles. The van der Waals surface area contributed by atoms with Gasteiger partial charge >= 0.3 is 5.69 Å². The molecule has 0 atom stereocenters. The second-order valence-electron chi connectivity index (χ2n) is 4.36. The average Bonchev–Trinajstić information content (AvgIpc) is 3.03. The maximum atomic E-state index is 13.6. The predicted molar refractivity (Wildman–Crippen MR) is 57.7 cm³/mol. The van der Waals surface area contributed by atoms with Gasteiger partial charge in [0.2, 0.25) is 5.82 Å². The van der Waals surface area contributed by atoms with Gasteiger partial charge in [-0.05, 0) is 37.9 Å². The van der Waals surface area contributed by atoms with Gasteiger partial charge in [-0.2, -0.15) is 4.39 Å². The number of hydrogen-bond acceptors (Lipinski definition) is 3. The van der Waals surface area contributed by atoms with E-state index in [-0.39, 0.29) is 11.1 Å². The summed E-state index contributed by atoms with van der Waals surface area (Å²) in [6, 6.07) is 1.57. The standard InChI is InChI=1S/C11H12F2N2O2/c1-14-11(2-3-11)6-7-4-9(13)10(15(16)17)5-8(7)12/h4-5,14H,2-3,6H2,1H3. The van der Waals surface area contributed by atoms with Crippen molar-refractivity contribution in [3.63, 3.8) is 0 Å². The SMILES string of the molecule is CNC1(Cc2cc(F)c([N+](=O)[O-])cc2F)CC1. The van der Waals surface area contributed by atoms with Gasteiger partial charge in [-0.15, -0.1) is 0 Å². The smallest absolute Gasteiger partial charge is 0.307 e. The Bertz CT molecular complexity index is 473. The van der Waals surface area contributed by atoms with Gasteiger partial charge in [-0.1, -0.05) is 0 Å². The van der Waals surface area contributed by atoms with Crippen molar-refractivity contribution < 1.29 is 13.7 Å². The van der Waals surface area contributed by atoms with E-state index >= 15 is 0 Å². The monoisotopic (exact) mass is 242 g/mol. The van der Waals surface area contributed by atoms with Crippen LogP contribution in [0.25, 0.3) is 0 Å². The lowest BCUT2D eigenvalue weighted by Crippen LogP contribution is -2.30. The summed E-state index contributed by atoms with van der Waals surface area (Å²) in [6.07, 6.45) is 2.16. The summed E-state index contributed by atoms with van der Waals surface area (Å²) in [5.74, 6) is -1.71. The molecular weight excluding hydrogens is 230 g/mol. The summed E-state index contributed by atoms with van der Waals surface area (Å²) in [4.78, 5) is 9.50. The Morgan fingerprint density at radius 3 is 2.53 bits per heavy atom. The Balaban J connectivity index is 2.30. The maximum Gasteiger partial charge on any atom is 0.307 e. The highest BCUT2D eigenvalue weighted by Crippen LogP contribution is 2.39. The van der Waals surface area contributed by atoms with Crippen LogP contribution in [0.15, 0.2) is 12.1 Å². The molecule has 6 heteroatoms. The number of nitro benzene ring substituents is 1. The number of nitrogens with zero attached hydrogens (tertiary/aromatic N) is 1. The second-order valence-corrected chi connectivity index (χ2v) is 4.36. The molecule has 4 nitrogen and oxygen atoms in total. The van der Waals surface area contributed by atoms with Crippen LogP contribution in [-0.4, -0.2) is 17.5 Å². The van der Waals surface area contributed by atoms with Crippen molar-refractivity contribution in [2.45, 2.75) is 24.8 Å². The first-order valence-electron chi connectivity index (χ1n) is 5.29. The minimum atomic E-state index is -0.988. The predicted octanol–water partition coefficient (Wildman–Crippen LogP) is 2.17. The normalized spacial score (nSPS) is 16.9. The Morgan fingerprint density at radius 1 is 1.41 bits per heavy atom. The summed E-state index contributed by atoms with van der Waals surface area (Å²) in [7, 11) is 1.77. The van der Waals surface area contributed by atoms with Crippen LogP contribution >= 0.6 is 0 Å². The van der Waals surface area contributed by atoms with Crippen molar-refractivity contribution >= 4 is 5.69 Å². The van der Waals surface area contributed by atoms with E-state index in [9.17, 15) is 18.9 Å². The second kappa shape index (κ2) is 4.03. The minimum absolute atomic E-state index is 0.163. The Kier molecular flexibility index (Phi) is 2.82. The third-order valence-corrected chi connectivity index (χ3v) is 3.23. The molecule has 0 spiro atoms. The lowest BCUT2D eigenvalue weighted by Gasteiger charge is -2.14. The molecule has 1 aliphatic carbocycles. The van der Waals surface area contributed by atoms with Crippen LogP contribution in [0.5, 0.6) is 0 Å². The molecule has 0 radical (unpaired) electrons. The fraction of sp³-hybridized carbons (Fsp3) is 0.455. The third kappa shape index (κ3) is 2.26. The topological polar surface area (TPSA) is 55.2 Å². The number of nitrogens with one attached hydrogen (secondary N) is 1. The van der Waals surface area contributed by atoms with Crippen molar-refractivity contribution in [3.05, 3.63) is 39.4 Å². The summed E-state index contributed by atoms with van der Waals surface area (Å²) in [5.41, 5.74) is -0.802. The highest BCUT2D eigenvalue weighted by atomic mass is 19.1. The molecule has 0 amide bonds. The molecule has 0 bridgehead atoms. The summed E-state index contributed by atoms with van der Waals surface area (Å²) < 4.78 is 26.9. The van der Waals surface area contributed by atoms with E-state index < -0.39 is 22.2 Å². The Hall–Kier alpha value is -1.56. The molecule has 1 saturated carbocycles. The summed E-state index contributed by atoms with van der Waals surface area (Å²) >= 11 is 0. The van der Waals surface area contributed by atoms with Crippen molar-refractivity contribution in [2.75, 3.05) is 7.05 Å². The van der Waals surface area contributed by atoms with E-state index in [0.29, 0.717) is 12.5 Å². The third-order valence-electron chi connectivity index (χ3n) is 3.23. The zero-order valence-corrected chi connectivity index (χ0v) is 9.30. The van der Waals surface area contributed by atoms with E-state index in [1.807, 2.05) is 0 Å². The van der Waals surface area contributed by atoms with E-state index in [0.717, 1.165) is 18.9 Å². The van der Waals surface area contributed by atoms with Gasteiger partial charge in [-0.25, -0.2) is 4.39 Å².